The zero-order chi connectivity index (χ0) is 18.3. The van der Waals surface area contributed by atoms with Crippen LogP contribution in [-0.4, -0.2) is 26.7 Å². The minimum absolute atomic E-state index is 0.116. The first-order chi connectivity index (χ1) is 10.8. The smallest absolute Gasteiger partial charge is 0.403 e. The highest BCUT2D eigenvalue weighted by atomic mass is 32.3. The molecule has 0 bridgehead atoms. The molecule has 0 amide bonds. The molecule has 6 nitrogen and oxygen atoms in total. The van der Waals surface area contributed by atoms with Gasteiger partial charge in [-0.15, -0.1) is 0 Å². The van der Waals surface area contributed by atoms with Crippen LogP contribution in [0.5, 0.6) is 5.75 Å². The highest BCUT2D eigenvalue weighted by Gasteiger charge is 2.50. The summed E-state index contributed by atoms with van der Waals surface area (Å²) in [7, 11) is -5.60. The summed E-state index contributed by atoms with van der Waals surface area (Å²) in [6.45, 7) is 9.81. The van der Waals surface area contributed by atoms with E-state index in [1.165, 1.54) is 12.1 Å². The van der Waals surface area contributed by atoms with Gasteiger partial charge < -0.3 is 19.2 Å². The Kier molecular flexibility index (Phi) is 5.03. The highest BCUT2D eigenvalue weighted by Crippen LogP contribution is 2.38. The molecule has 1 aromatic rings. The Bertz CT molecular complexity index is 720. The highest BCUT2D eigenvalue weighted by molar-refractivity contribution is 7.81. The summed E-state index contributed by atoms with van der Waals surface area (Å²) >= 11 is 0. The molecule has 2 rings (SSSR count). The molecule has 9 heteroatoms. The molecule has 0 aromatic heterocycles. The van der Waals surface area contributed by atoms with Crippen LogP contribution in [0, 0.1) is 6.92 Å². The largest absolute Gasteiger partial charge is 0.488 e. The first-order valence-corrected chi connectivity index (χ1v) is 8.97. The van der Waals surface area contributed by atoms with Gasteiger partial charge in [0.2, 0.25) is 0 Å². The standard InChI is InChI=1S/C15H23BFNO5S/c1-10-11(8-16-22-14(2,3)15(4,5)23-16)6-13(7-12(10)9-18)21-24(17,19)20/h6-7H,8-9,18H2,1-5H3. The third-order valence-corrected chi connectivity index (χ3v) is 5.09. The number of hydrogen-bond acceptors (Lipinski definition) is 6. The lowest BCUT2D eigenvalue weighted by Gasteiger charge is -2.32. The summed E-state index contributed by atoms with van der Waals surface area (Å²) in [4.78, 5) is 0. The van der Waals surface area contributed by atoms with Gasteiger partial charge in [-0.3, -0.25) is 0 Å². The number of rotatable bonds is 5. The van der Waals surface area contributed by atoms with E-state index >= 15 is 0 Å². The van der Waals surface area contributed by atoms with Gasteiger partial charge in [0.1, 0.15) is 5.75 Å². The molecular weight excluding hydrogens is 336 g/mol. The van der Waals surface area contributed by atoms with Crippen molar-refractivity contribution in [2.45, 2.75) is 58.7 Å². The van der Waals surface area contributed by atoms with Crippen LogP contribution in [0.1, 0.15) is 44.4 Å². The van der Waals surface area contributed by atoms with Crippen molar-refractivity contribution in [1.82, 2.24) is 0 Å². The first kappa shape index (κ1) is 19.2. The van der Waals surface area contributed by atoms with E-state index < -0.39 is 28.8 Å². The molecule has 134 valence electrons. The van der Waals surface area contributed by atoms with Crippen molar-refractivity contribution < 1.29 is 25.8 Å². The molecule has 0 aliphatic carbocycles. The number of nitrogens with two attached hydrogens (primary N) is 1. The minimum Gasteiger partial charge on any atom is -0.403 e. The predicted octanol–water partition coefficient (Wildman–Crippen LogP) is 2.22. The van der Waals surface area contributed by atoms with E-state index in [1.54, 1.807) is 0 Å². The van der Waals surface area contributed by atoms with E-state index in [9.17, 15) is 12.3 Å². The summed E-state index contributed by atoms with van der Waals surface area (Å²) in [5.74, 6) is -0.116. The summed E-state index contributed by atoms with van der Waals surface area (Å²) in [6, 6.07) is 2.89. The van der Waals surface area contributed by atoms with Crippen molar-refractivity contribution in [3.05, 3.63) is 28.8 Å². The van der Waals surface area contributed by atoms with Gasteiger partial charge in [-0.1, -0.05) is 3.89 Å². The van der Waals surface area contributed by atoms with Gasteiger partial charge in [0, 0.05) is 12.9 Å². The lowest BCUT2D eigenvalue weighted by Crippen LogP contribution is -2.41. The van der Waals surface area contributed by atoms with E-state index in [0.717, 1.165) is 11.1 Å². The maximum absolute atomic E-state index is 12.8. The van der Waals surface area contributed by atoms with Crippen LogP contribution in [-0.2, 0) is 32.7 Å². The third-order valence-electron chi connectivity index (χ3n) is 4.70. The van der Waals surface area contributed by atoms with E-state index in [2.05, 4.69) is 4.18 Å². The summed E-state index contributed by atoms with van der Waals surface area (Å²) in [5, 5.41) is 0. The topological polar surface area (TPSA) is 87.9 Å². The second-order valence-corrected chi connectivity index (χ2v) is 7.89. The fourth-order valence-corrected chi connectivity index (χ4v) is 2.95. The van der Waals surface area contributed by atoms with Crippen LogP contribution < -0.4 is 9.92 Å². The minimum atomic E-state index is -5.10. The first-order valence-electron chi connectivity index (χ1n) is 7.67. The van der Waals surface area contributed by atoms with Crippen molar-refractivity contribution in [1.29, 1.82) is 0 Å². The summed E-state index contributed by atoms with van der Waals surface area (Å²) in [5.41, 5.74) is 7.01. The normalized spacial score (nSPS) is 19.5. The summed E-state index contributed by atoms with van der Waals surface area (Å²) < 4.78 is 50.6. The van der Waals surface area contributed by atoms with Crippen molar-refractivity contribution in [3.8, 4) is 5.75 Å². The van der Waals surface area contributed by atoms with Crippen LogP contribution in [0.15, 0.2) is 12.1 Å². The van der Waals surface area contributed by atoms with Crippen LogP contribution in [0.25, 0.3) is 0 Å². The zero-order valence-corrected chi connectivity index (χ0v) is 15.4. The second-order valence-electron chi connectivity index (χ2n) is 6.94. The van der Waals surface area contributed by atoms with Gasteiger partial charge in [-0.2, -0.15) is 8.42 Å². The van der Waals surface area contributed by atoms with E-state index in [-0.39, 0.29) is 12.3 Å². The fraction of sp³-hybridized carbons (Fsp3) is 0.600. The predicted molar refractivity (Wildman–Crippen MR) is 89.5 cm³/mol. The molecule has 1 aliphatic heterocycles. The number of hydrogen-bond donors (Lipinski definition) is 1. The average Bonchev–Trinajstić information content (AvgIpc) is 2.59. The Balaban J connectivity index is 2.31. The molecule has 0 spiro atoms. The molecule has 0 saturated carbocycles. The molecular formula is C15H23BFNO5S. The van der Waals surface area contributed by atoms with Crippen LogP contribution >= 0.6 is 0 Å². The summed E-state index contributed by atoms with van der Waals surface area (Å²) in [6.07, 6.45) is 0.370. The molecule has 1 aromatic carbocycles. The van der Waals surface area contributed by atoms with Gasteiger partial charge in [-0.25, -0.2) is 0 Å². The van der Waals surface area contributed by atoms with E-state index in [0.29, 0.717) is 11.9 Å². The Hall–Kier alpha value is -1.16. The molecule has 1 saturated heterocycles. The molecule has 0 atom stereocenters. The van der Waals surface area contributed by atoms with Crippen LogP contribution in [0.2, 0.25) is 0 Å². The molecule has 24 heavy (non-hydrogen) atoms. The number of halogens is 1. The Morgan fingerprint density at radius 2 is 1.67 bits per heavy atom. The fourth-order valence-electron chi connectivity index (χ4n) is 2.62. The van der Waals surface area contributed by atoms with Gasteiger partial charge in [0.25, 0.3) is 0 Å². The maximum Gasteiger partial charge on any atom is 0.488 e. The zero-order valence-electron chi connectivity index (χ0n) is 14.6. The molecule has 2 N–H and O–H groups in total. The number of benzene rings is 1. The maximum atomic E-state index is 12.8. The molecule has 0 unspecified atom stereocenters. The van der Waals surface area contributed by atoms with Crippen molar-refractivity contribution in [3.63, 3.8) is 0 Å². The SMILES string of the molecule is Cc1c(CN)cc(OS(=O)(=O)F)cc1CB1OC(C)(C)C(C)(C)O1. The lowest BCUT2D eigenvalue weighted by molar-refractivity contribution is 0.00578. The third kappa shape index (κ3) is 4.08. The molecule has 1 heterocycles. The quantitative estimate of drug-likeness (QED) is 0.641. The van der Waals surface area contributed by atoms with Crippen LogP contribution in [0.3, 0.4) is 0 Å². The Labute approximate surface area is 143 Å². The Morgan fingerprint density at radius 3 is 2.12 bits per heavy atom. The van der Waals surface area contributed by atoms with Crippen LogP contribution in [0.4, 0.5) is 3.89 Å². The van der Waals surface area contributed by atoms with Gasteiger partial charge >= 0.3 is 17.6 Å². The molecule has 1 aliphatic rings. The average molecular weight is 359 g/mol. The molecule has 1 fully saturated rings. The van der Waals surface area contributed by atoms with Crippen molar-refractivity contribution in [2.24, 2.45) is 5.73 Å². The molecule has 0 radical (unpaired) electrons. The van der Waals surface area contributed by atoms with Gasteiger partial charge in [0.05, 0.1) is 11.2 Å². The monoisotopic (exact) mass is 359 g/mol. The van der Waals surface area contributed by atoms with Crippen molar-refractivity contribution in [2.75, 3.05) is 0 Å². The van der Waals surface area contributed by atoms with E-state index in [4.69, 9.17) is 15.0 Å². The lowest BCUT2D eigenvalue weighted by atomic mass is 9.78. The second kappa shape index (κ2) is 6.29. The van der Waals surface area contributed by atoms with E-state index in [1.807, 2.05) is 34.6 Å². The van der Waals surface area contributed by atoms with Gasteiger partial charge in [-0.05, 0) is 63.4 Å². The Morgan fingerprint density at radius 1 is 1.17 bits per heavy atom. The van der Waals surface area contributed by atoms with Gasteiger partial charge in [0.15, 0.2) is 0 Å². The van der Waals surface area contributed by atoms with Crippen molar-refractivity contribution >= 4 is 17.6 Å².